The second-order valence-corrected chi connectivity index (χ2v) is 8.01. The number of hydrogen-bond acceptors (Lipinski definition) is 3. The summed E-state index contributed by atoms with van der Waals surface area (Å²) in [5.41, 5.74) is 7.25. The quantitative estimate of drug-likeness (QED) is 0.856. The van der Waals surface area contributed by atoms with E-state index in [1.165, 1.54) is 19.3 Å². The Labute approximate surface area is 161 Å². The Morgan fingerprint density at radius 1 is 1.23 bits per heavy atom. The summed E-state index contributed by atoms with van der Waals surface area (Å²) in [6.45, 7) is 2.05. The number of carbonyl (C=O) groups excluding carboxylic acids is 1. The average Bonchev–Trinajstić information content (AvgIpc) is 3.03. The van der Waals surface area contributed by atoms with Crippen LogP contribution in [0.1, 0.15) is 50.8 Å². The summed E-state index contributed by atoms with van der Waals surface area (Å²) < 4.78 is 5.97. The third kappa shape index (κ3) is 3.37. The van der Waals surface area contributed by atoms with Crippen molar-refractivity contribution in [3.8, 4) is 0 Å². The smallest absolute Gasteiger partial charge is 0.226 e. The van der Waals surface area contributed by atoms with E-state index in [0.29, 0.717) is 17.9 Å². The van der Waals surface area contributed by atoms with Gasteiger partial charge in [0.25, 0.3) is 0 Å². The maximum absolute atomic E-state index is 13.1. The van der Waals surface area contributed by atoms with Gasteiger partial charge in [0.2, 0.25) is 5.91 Å². The Bertz CT molecular complexity index is 727. The first kappa shape index (κ1) is 19.2. The number of benzene rings is 1. The third-order valence-electron chi connectivity index (χ3n) is 6.55. The number of amides is 1. The maximum Gasteiger partial charge on any atom is 0.226 e. The van der Waals surface area contributed by atoms with E-state index in [1.54, 1.807) is 0 Å². The highest BCUT2D eigenvalue weighted by molar-refractivity contribution is 5.85. The minimum Gasteiger partial charge on any atom is -0.459 e. The highest BCUT2D eigenvalue weighted by atomic mass is 35.5. The molecule has 142 valence electrons. The number of nitrogens with zero attached hydrogens (tertiary/aromatic N) is 1. The molecule has 3 atom stereocenters. The molecule has 0 radical (unpaired) electrons. The van der Waals surface area contributed by atoms with Gasteiger partial charge in [-0.3, -0.25) is 4.79 Å². The average molecular weight is 377 g/mol. The number of para-hydroxylation sites is 1. The van der Waals surface area contributed by atoms with Gasteiger partial charge in [-0.1, -0.05) is 24.6 Å². The number of fused-ring (bicyclic) bond motifs is 3. The molecule has 2 N–H and O–H groups in total. The van der Waals surface area contributed by atoms with E-state index in [-0.39, 0.29) is 30.3 Å². The van der Waals surface area contributed by atoms with Gasteiger partial charge in [0.05, 0.1) is 6.04 Å². The molecule has 2 aromatic rings. The summed E-state index contributed by atoms with van der Waals surface area (Å²) in [4.78, 5) is 15.0. The van der Waals surface area contributed by atoms with E-state index >= 15 is 0 Å². The van der Waals surface area contributed by atoms with Crippen molar-refractivity contribution in [3.63, 3.8) is 0 Å². The fraction of sp³-hybridized carbons (Fsp3) is 0.571. The Kier molecular flexibility index (Phi) is 5.64. The number of halogens is 1. The van der Waals surface area contributed by atoms with Gasteiger partial charge in [-0.05, 0) is 56.6 Å². The maximum atomic E-state index is 13.1. The lowest BCUT2D eigenvalue weighted by atomic mass is 9.65. The number of rotatable bonds is 3. The van der Waals surface area contributed by atoms with Crippen LogP contribution in [0.4, 0.5) is 0 Å². The van der Waals surface area contributed by atoms with E-state index in [4.69, 9.17) is 10.2 Å². The van der Waals surface area contributed by atoms with E-state index < -0.39 is 0 Å². The van der Waals surface area contributed by atoms with Crippen LogP contribution in [0.25, 0.3) is 11.0 Å². The van der Waals surface area contributed by atoms with Gasteiger partial charge in [-0.2, -0.15) is 0 Å². The SMILES string of the molecule is CC(c1cc2ccccc2o1)N(C)C(=O)C1CC2CCCC(C1)C2N.Cl. The molecular formula is C21H29ClN2O2. The largest absolute Gasteiger partial charge is 0.459 e. The third-order valence-corrected chi connectivity index (χ3v) is 6.55. The summed E-state index contributed by atoms with van der Waals surface area (Å²) in [6, 6.07) is 10.3. The first-order valence-electron chi connectivity index (χ1n) is 9.55. The van der Waals surface area contributed by atoms with E-state index in [0.717, 1.165) is 29.6 Å². The molecule has 2 saturated carbocycles. The van der Waals surface area contributed by atoms with Crippen LogP contribution in [-0.2, 0) is 4.79 Å². The summed E-state index contributed by atoms with van der Waals surface area (Å²) in [5, 5.41) is 1.09. The molecule has 4 nitrogen and oxygen atoms in total. The molecule has 1 heterocycles. The minimum atomic E-state index is -0.0599. The van der Waals surface area contributed by atoms with E-state index in [1.807, 2.05) is 43.1 Å². The topological polar surface area (TPSA) is 59.5 Å². The number of hydrogen-bond donors (Lipinski definition) is 1. The molecule has 0 aliphatic heterocycles. The molecule has 3 unspecified atom stereocenters. The van der Waals surface area contributed by atoms with Crippen molar-refractivity contribution in [2.75, 3.05) is 7.05 Å². The molecular weight excluding hydrogens is 348 g/mol. The van der Waals surface area contributed by atoms with Crippen LogP contribution in [0.5, 0.6) is 0 Å². The zero-order chi connectivity index (χ0) is 17.6. The van der Waals surface area contributed by atoms with Crippen LogP contribution >= 0.6 is 12.4 Å². The van der Waals surface area contributed by atoms with Crippen molar-refractivity contribution in [3.05, 3.63) is 36.1 Å². The van der Waals surface area contributed by atoms with Crippen LogP contribution < -0.4 is 5.73 Å². The Hall–Kier alpha value is -1.52. The zero-order valence-electron chi connectivity index (χ0n) is 15.6. The molecule has 0 spiro atoms. The van der Waals surface area contributed by atoms with Crippen LogP contribution in [0.3, 0.4) is 0 Å². The monoisotopic (exact) mass is 376 g/mol. The lowest BCUT2D eigenvalue weighted by Gasteiger charge is -2.44. The molecule has 2 aliphatic rings. The zero-order valence-corrected chi connectivity index (χ0v) is 16.4. The molecule has 1 amide bonds. The molecule has 4 rings (SSSR count). The second kappa shape index (κ2) is 7.61. The predicted molar refractivity (Wildman–Crippen MR) is 106 cm³/mol. The molecule has 2 aliphatic carbocycles. The molecule has 0 saturated heterocycles. The van der Waals surface area contributed by atoms with Crippen LogP contribution in [0, 0.1) is 17.8 Å². The number of nitrogens with two attached hydrogens (primary N) is 1. The fourth-order valence-electron chi connectivity index (χ4n) is 4.87. The van der Waals surface area contributed by atoms with Crippen molar-refractivity contribution in [1.29, 1.82) is 0 Å². The van der Waals surface area contributed by atoms with Gasteiger partial charge in [0.15, 0.2) is 0 Å². The molecule has 2 bridgehead atoms. The predicted octanol–water partition coefficient (Wildman–Crippen LogP) is 4.53. The second-order valence-electron chi connectivity index (χ2n) is 8.01. The van der Waals surface area contributed by atoms with E-state index in [9.17, 15) is 4.79 Å². The highest BCUT2D eigenvalue weighted by Gasteiger charge is 2.41. The van der Waals surface area contributed by atoms with Crippen molar-refractivity contribution < 1.29 is 9.21 Å². The highest BCUT2D eigenvalue weighted by Crippen LogP contribution is 2.43. The summed E-state index contributed by atoms with van der Waals surface area (Å²) >= 11 is 0. The van der Waals surface area contributed by atoms with Gasteiger partial charge >= 0.3 is 0 Å². The van der Waals surface area contributed by atoms with Crippen LogP contribution in [0.2, 0.25) is 0 Å². The fourth-order valence-corrected chi connectivity index (χ4v) is 4.87. The first-order valence-corrected chi connectivity index (χ1v) is 9.55. The van der Waals surface area contributed by atoms with Gasteiger partial charge in [-0.15, -0.1) is 12.4 Å². The van der Waals surface area contributed by atoms with Crippen molar-refractivity contribution in [2.45, 2.75) is 51.1 Å². The Morgan fingerprint density at radius 2 is 1.88 bits per heavy atom. The normalized spacial score (nSPS) is 29.0. The van der Waals surface area contributed by atoms with Gasteiger partial charge < -0.3 is 15.1 Å². The van der Waals surface area contributed by atoms with Gasteiger partial charge in [0.1, 0.15) is 11.3 Å². The Morgan fingerprint density at radius 3 is 2.54 bits per heavy atom. The van der Waals surface area contributed by atoms with Crippen molar-refractivity contribution in [2.24, 2.45) is 23.5 Å². The lowest BCUT2D eigenvalue weighted by Crippen LogP contribution is -2.49. The van der Waals surface area contributed by atoms with Crippen molar-refractivity contribution >= 4 is 29.3 Å². The Balaban J connectivity index is 0.00000196. The van der Waals surface area contributed by atoms with Gasteiger partial charge in [-0.25, -0.2) is 0 Å². The summed E-state index contributed by atoms with van der Waals surface area (Å²) in [6.07, 6.45) is 5.55. The number of carbonyl (C=O) groups is 1. The number of furan rings is 1. The van der Waals surface area contributed by atoms with Crippen molar-refractivity contribution in [1.82, 2.24) is 4.90 Å². The standard InChI is InChI=1S/C21H28N2O2.ClH/c1-13(19-12-14-6-3-4-9-18(14)25-19)23(2)21(24)17-10-15-7-5-8-16(11-17)20(15)22;/h3-4,6,9,12-13,15-17,20H,5,7-8,10-11,22H2,1-2H3;1H. The molecule has 1 aromatic carbocycles. The van der Waals surface area contributed by atoms with Gasteiger partial charge in [0, 0.05) is 24.4 Å². The van der Waals surface area contributed by atoms with Crippen LogP contribution in [0.15, 0.2) is 34.7 Å². The molecule has 2 fully saturated rings. The van der Waals surface area contributed by atoms with E-state index in [2.05, 4.69) is 6.07 Å². The molecule has 5 heteroatoms. The summed E-state index contributed by atoms with van der Waals surface area (Å²) in [7, 11) is 1.91. The summed E-state index contributed by atoms with van der Waals surface area (Å²) in [5.74, 6) is 2.26. The molecule has 1 aromatic heterocycles. The first-order chi connectivity index (χ1) is 12.0. The lowest BCUT2D eigenvalue weighted by molar-refractivity contribution is -0.139. The minimum absolute atomic E-state index is 0. The van der Waals surface area contributed by atoms with Crippen LogP contribution in [-0.4, -0.2) is 23.9 Å². The molecule has 26 heavy (non-hydrogen) atoms.